The fraction of sp³-hybridized carbons (Fsp3) is 0.636. The van der Waals surface area contributed by atoms with Gasteiger partial charge in [-0.15, -0.1) is 0 Å². The highest BCUT2D eigenvalue weighted by Gasteiger charge is 2.36. The van der Waals surface area contributed by atoms with Crippen molar-refractivity contribution < 1.29 is 53.4 Å². The average Bonchev–Trinajstić information content (AvgIpc) is 3.65. The molecule has 0 aliphatic heterocycles. The van der Waals surface area contributed by atoms with E-state index in [9.17, 15) is 53.4 Å². The third-order valence-corrected chi connectivity index (χ3v) is 9.26. The van der Waals surface area contributed by atoms with Crippen LogP contribution in [0.5, 0.6) is 0 Å². The van der Waals surface area contributed by atoms with E-state index in [1.165, 1.54) is 26.4 Å². The molecule has 0 unspecified atom stereocenters. The Bertz CT molecular complexity index is 1550. The van der Waals surface area contributed by atoms with Crippen LogP contribution in [-0.2, 0) is 49.6 Å². The summed E-state index contributed by atoms with van der Waals surface area (Å²) in [5.74, 6) is -10.2. The van der Waals surface area contributed by atoms with Crippen molar-refractivity contribution in [1.29, 1.82) is 0 Å². The van der Waals surface area contributed by atoms with Gasteiger partial charge in [-0.1, -0.05) is 34.1 Å². The molecule has 0 saturated carbocycles. The second-order valence-electron chi connectivity index (χ2n) is 13.4. The van der Waals surface area contributed by atoms with Gasteiger partial charge in [0, 0.05) is 29.8 Å². The maximum atomic E-state index is 13.5. The van der Waals surface area contributed by atoms with Crippen molar-refractivity contribution in [3.8, 4) is 0 Å². The van der Waals surface area contributed by atoms with Gasteiger partial charge in [0.1, 0.15) is 42.3 Å². The first-order chi connectivity index (χ1) is 26.2. The largest absolute Gasteiger partial charge is 0.481 e. The van der Waals surface area contributed by atoms with Gasteiger partial charge in [-0.25, -0.2) is 9.78 Å². The number of aromatic nitrogens is 2. The minimum absolute atomic E-state index is 0.0244. The number of thiol groups is 2. The summed E-state index contributed by atoms with van der Waals surface area (Å²) in [6.45, 7) is 9.12. The zero-order chi connectivity index (χ0) is 42.9. The molecule has 0 saturated heterocycles. The minimum atomic E-state index is -1.73. The quantitative estimate of drug-likeness (QED) is 0.0458. The summed E-state index contributed by atoms with van der Waals surface area (Å²) >= 11 is 7.88. The number of aromatic amines is 1. The number of amides is 7. The van der Waals surface area contributed by atoms with Crippen LogP contribution in [0.1, 0.15) is 60.1 Å². The van der Waals surface area contributed by atoms with E-state index in [0.717, 1.165) is 0 Å². The molecule has 314 valence electrons. The molecule has 9 atom stereocenters. The zero-order valence-electron chi connectivity index (χ0n) is 32.0. The molecular formula is C33H54N10O11S2. The predicted octanol–water partition coefficient (Wildman–Crippen LogP) is -3.17. The van der Waals surface area contributed by atoms with Gasteiger partial charge in [0.15, 0.2) is 0 Å². The lowest BCUT2D eigenvalue weighted by Crippen LogP contribution is -2.61. The lowest BCUT2D eigenvalue weighted by atomic mass is 9.97. The van der Waals surface area contributed by atoms with Crippen molar-refractivity contribution in [3.63, 3.8) is 0 Å². The maximum Gasteiger partial charge on any atom is 0.327 e. The van der Waals surface area contributed by atoms with Gasteiger partial charge >= 0.3 is 11.9 Å². The van der Waals surface area contributed by atoms with Crippen molar-refractivity contribution >= 4 is 78.5 Å². The molecule has 1 aromatic rings. The number of carboxylic acid groups (broad SMARTS) is 2. The fourth-order valence-corrected chi connectivity index (χ4v) is 5.25. The molecular weight excluding hydrogens is 777 g/mol. The molecule has 1 heterocycles. The van der Waals surface area contributed by atoms with Crippen molar-refractivity contribution in [2.75, 3.05) is 11.5 Å². The van der Waals surface area contributed by atoms with Crippen LogP contribution in [0, 0.1) is 11.8 Å². The number of rotatable bonds is 24. The van der Waals surface area contributed by atoms with Gasteiger partial charge in [0.25, 0.3) is 0 Å². The van der Waals surface area contributed by atoms with Crippen LogP contribution in [-0.4, -0.2) is 133 Å². The number of nitrogens with zero attached hydrogens (tertiary/aromatic N) is 1. The molecule has 23 heteroatoms. The van der Waals surface area contributed by atoms with E-state index in [-0.39, 0.29) is 17.9 Å². The first-order valence-corrected chi connectivity index (χ1v) is 18.9. The molecule has 12 N–H and O–H groups in total. The van der Waals surface area contributed by atoms with Crippen molar-refractivity contribution in [2.24, 2.45) is 17.6 Å². The van der Waals surface area contributed by atoms with E-state index in [4.69, 9.17) is 5.73 Å². The highest BCUT2D eigenvalue weighted by atomic mass is 32.1. The summed E-state index contributed by atoms with van der Waals surface area (Å²) < 4.78 is 0. The highest BCUT2D eigenvalue weighted by Crippen LogP contribution is 2.11. The van der Waals surface area contributed by atoms with Crippen molar-refractivity contribution in [2.45, 2.75) is 109 Å². The second-order valence-corrected chi connectivity index (χ2v) is 14.2. The number of aliphatic carboxylic acids is 2. The Labute approximate surface area is 334 Å². The molecule has 56 heavy (non-hydrogen) atoms. The third kappa shape index (κ3) is 16.1. The first kappa shape index (κ1) is 49.1. The van der Waals surface area contributed by atoms with Gasteiger partial charge in [0.05, 0.1) is 18.8 Å². The van der Waals surface area contributed by atoms with Gasteiger partial charge in [0.2, 0.25) is 41.4 Å². The Balaban J connectivity index is 3.14. The third-order valence-electron chi connectivity index (χ3n) is 8.50. The number of hydrogen-bond acceptors (Lipinski definition) is 13. The van der Waals surface area contributed by atoms with Crippen LogP contribution < -0.4 is 43.0 Å². The van der Waals surface area contributed by atoms with Gasteiger partial charge < -0.3 is 58.1 Å². The van der Waals surface area contributed by atoms with E-state index in [1.807, 2.05) is 0 Å². The Hall–Kier alpha value is -4.90. The number of hydrogen-bond donors (Lipinski definition) is 13. The van der Waals surface area contributed by atoms with Crippen LogP contribution in [0.3, 0.4) is 0 Å². The topological polar surface area (TPSA) is 333 Å². The summed E-state index contributed by atoms with van der Waals surface area (Å²) in [6, 6.07) is -10.4. The Morgan fingerprint density at radius 1 is 0.679 bits per heavy atom. The van der Waals surface area contributed by atoms with E-state index >= 15 is 0 Å². The molecule has 21 nitrogen and oxygen atoms in total. The fourth-order valence-electron chi connectivity index (χ4n) is 4.83. The van der Waals surface area contributed by atoms with E-state index in [0.29, 0.717) is 12.1 Å². The lowest BCUT2D eigenvalue weighted by Gasteiger charge is -2.29. The standard InChI is InChI=1S/C33H54N10O11S2/c1-7-15(4)25(32(52)41-22(12-56)33(53)54)43-30(50)21(9-23(44)45)40-31(51)24(14(2)3)42-27(47)17(6)38-29(49)20(8-18-10-35-13-36-18)39-26(46)16(5)37-28(48)19(34)11-55/h10,13-17,19-22,24-25,55-56H,7-9,11-12,34H2,1-6H3,(H,35,36)(H,37,48)(H,38,49)(H,39,46)(H,40,51)(H,41,52)(H,42,47)(H,43,50)(H,44,45)(H,53,54)/t15-,16-,17-,19-,20-,21-,22-,24-,25-/m0/s1. The molecule has 1 rings (SSSR count). The number of nitrogens with two attached hydrogens (primary N) is 1. The number of carbonyl (C=O) groups excluding carboxylic acids is 7. The predicted molar refractivity (Wildman–Crippen MR) is 207 cm³/mol. The summed E-state index contributed by atoms with van der Waals surface area (Å²) in [5.41, 5.74) is 6.10. The highest BCUT2D eigenvalue weighted by molar-refractivity contribution is 7.80. The van der Waals surface area contributed by atoms with Crippen LogP contribution in [0.15, 0.2) is 12.5 Å². The lowest BCUT2D eigenvalue weighted by molar-refractivity contribution is -0.143. The number of nitrogens with one attached hydrogen (secondary N) is 8. The smallest absolute Gasteiger partial charge is 0.327 e. The van der Waals surface area contributed by atoms with Gasteiger partial charge in [-0.2, -0.15) is 25.3 Å². The molecule has 0 aromatic carbocycles. The monoisotopic (exact) mass is 830 g/mol. The van der Waals surface area contributed by atoms with Crippen LogP contribution in [0.4, 0.5) is 0 Å². The van der Waals surface area contributed by atoms with E-state index < -0.39 is 120 Å². The SMILES string of the molecule is CC[C@H](C)[C@H](NC(=O)[C@H](CC(=O)O)NC(=O)[C@@H](NC(=O)[C@H](C)NC(=O)[C@H](Cc1cnc[nH]1)NC(=O)[C@H](C)NC(=O)[C@@H](N)CS)C(C)C)C(=O)N[C@@H](CS)C(=O)O. The molecule has 7 amide bonds. The second kappa shape index (κ2) is 23.9. The van der Waals surface area contributed by atoms with Gasteiger partial charge in [-0.05, 0) is 25.7 Å². The van der Waals surface area contributed by atoms with E-state index in [2.05, 4.69) is 72.4 Å². The number of H-pyrrole nitrogens is 1. The van der Waals surface area contributed by atoms with Crippen molar-refractivity contribution in [1.82, 2.24) is 47.2 Å². The Morgan fingerprint density at radius 2 is 1.18 bits per heavy atom. The average molecular weight is 831 g/mol. The van der Waals surface area contributed by atoms with Crippen molar-refractivity contribution in [3.05, 3.63) is 18.2 Å². The maximum absolute atomic E-state index is 13.5. The van der Waals surface area contributed by atoms with Gasteiger partial charge in [-0.3, -0.25) is 38.4 Å². The Kier molecular flexibility index (Phi) is 21.0. The number of carbonyl (C=O) groups is 9. The molecule has 0 aliphatic carbocycles. The number of imidazole rings is 1. The normalized spacial score (nSPS) is 15.9. The number of carboxylic acids is 2. The Morgan fingerprint density at radius 3 is 1.66 bits per heavy atom. The molecule has 0 bridgehead atoms. The molecule has 0 spiro atoms. The summed E-state index contributed by atoms with van der Waals surface area (Å²) in [4.78, 5) is 122. The summed E-state index contributed by atoms with van der Waals surface area (Å²) in [6.07, 6.45) is 2.11. The summed E-state index contributed by atoms with van der Waals surface area (Å²) in [7, 11) is 0. The minimum Gasteiger partial charge on any atom is -0.481 e. The zero-order valence-corrected chi connectivity index (χ0v) is 33.7. The molecule has 0 aliphatic rings. The first-order valence-electron chi connectivity index (χ1n) is 17.7. The van der Waals surface area contributed by atoms with E-state index in [1.54, 1.807) is 27.7 Å². The summed E-state index contributed by atoms with van der Waals surface area (Å²) in [5, 5.41) is 35.8. The van der Waals surface area contributed by atoms with Crippen LogP contribution >= 0.6 is 25.3 Å². The molecule has 0 radical (unpaired) electrons. The molecule has 1 aromatic heterocycles. The van der Waals surface area contributed by atoms with Crippen LogP contribution in [0.2, 0.25) is 0 Å². The van der Waals surface area contributed by atoms with Crippen LogP contribution in [0.25, 0.3) is 0 Å². The molecule has 0 fully saturated rings.